The van der Waals surface area contributed by atoms with Crippen molar-refractivity contribution in [3.8, 4) is 0 Å². The van der Waals surface area contributed by atoms with Crippen LogP contribution in [0.25, 0.3) is 10.8 Å². The summed E-state index contributed by atoms with van der Waals surface area (Å²) >= 11 is 0. The zero-order valence-corrected chi connectivity index (χ0v) is 14.2. The summed E-state index contributed by atoms with van der Waals surface area (Å²) in [5.41, 5.74) is 4.60. The molecule has 0 bridgehead atoms. The minimum atomic E-state index is 0.536. The molecule has 4 aromatic rings. The fourth-order valence-corrected chi connectivity index (χ4v) is 3.33. The van der Waals surface area contributed by atoms with Gasteiger partial charge in [0.1, 0.15) is 5.71 Å². The van der Waals surface area contributed by atoms with Gasteiger partial charge in [-0.25, -0.2) is 0 Å². The predicted molar refractivity (Wildman–Crippen MR) is 105 cm³/mol. The van der Waals surface area contributed by atoms with Crippen molar-refractivity contribution in [2.75, 3.05) is 0 Å². The van der Waals surface area contributed by atoms with E-state index in [0.717, 1.165) is 23.1 Å². The molecule has 126 valence electrons. The second-order valence-electron chi connectivity index (χ2n) is 6.16. The zero-order chi connectivity index (χ0) is 17.8. The molecule has 0 aliphatic rings. The van der Waals surface area contributed by atoms with Crippen LogP contribution < -0.4 is 0 Å². The molecule has 4 rings (SSSR count). The Morgan fingerprint density at radius 3 is 2.42 bits per heavy atom. The molecule has 0 unspecified atom stereocenters. The lowest BCUT2D eigenvalue weighted by molar-refractivity contribution is 0.319. The number of nitrogens with zero attached hydrogens (tertiary/aromatic N) is 2. The van der Waals surface area contributed by atoms with Crippen molar-refractivity contribution in [2.45, 2.75) is 6.42 Å². The van der Waals surface area contributed by atoms with Crippen molar-refractivity contribution in [3.05, 3.63) is 114 Å². The number of aromatic nitrogens is 1. The van der Waals surface area contributed by atoms with Crippen molar-refractivity contribution < 1.29 is 5.21 Å². The standard InChI is InChI=1S/C23H18N2O/c26-25-23(20-11-6-14-24-16-20)22-13-4-2-8-19(22)15-18-10-5-9-17-7-1-3-12-21(17)18/h1-14,16,26H,15H2. The Morgan fingerprint density at radius 1 is 0.808 bits per heavy atom. The van der Waals surface area contributed by atoms with E-state index < -0.39 is 0 Å². The highest BCUT2D eigenvalue weighted by molar-refractivity contribution is 6.13. The van der Waals surface area contributed by atoms with Crippen LogP contribution in [-0.4, -0.2) is 15.9 Å². The molecule has 0 aliphatic carbocycles. The lowest BCUT2D eigenvalue weighted by Crippen LogP contribution is -2.08. The number of rotatable bonds is 4. The SMILES string of the molecule is ON=C(c1cccnc1)c1ccccc1Cc1cccc2ccccc12. The Kier molecular flexibility index (Phi) is 4.44. The summed E-state index contributed by atoms with van der Waals surface area (Å²) in [5.74, 6) is 0. The number of oxime groups is 1. The summed E-state index contributed by atoms with van der Waals surface area (Å²) in [6.07, 6.45) is 4.18. The van der Waals surface area contributed by atoms with E-state index in [1.165, 1.54) is 16.3 Å². The van der Waals surface area contributed by atoms with E-state index >= 15 is 0 Å². The molecular formula is C23H18N2O. The minimum Gasteiger partial charge on any atom is -0.410 e. The van der Waals surface area contributed by atoms with Crippen LogP contribution in [0.5, 0.6) is 0 Å². The van der Waals surface area contributed by atoms with Gasteiger partial charge in [-0.05, 0) is 40.5 Å². The van der Waals surface area contributed by atoms with Crippen LogP contribution >= 0.6 is 0 Å². The summed E-state index contributed by atoms with van der Waals surface area (Å²) in [6, 6.07) is 26.5. The maximum Gasteiger partial charge on any atom is 0.118 e. The van der Waals surface area contributed by atoms with Crippen LogP contribution in [0.1, 0.15) is 22.3 Å². The molecule has 1 heterocycles. The summed E-state index contributed by atoms with van der Waals surface area (Å²) in [5, 5.41) is 15.7. The Labute approximate surface area is 152 Å². The van der Waals surface area contributed by atoms with Gasteiger partial charge in [0.15, 0.2) is 0 Å². The van der Waals surface area contributed by atoms with Crippen molar-refractivity contribution in [2.24, 2.45) is 5.16 Å². The van der Waals surface area contributed by atoms with Gasteiger partial charge in [-0.3, -0.25) is 4.98 Å². The highest BCUT2D eigenvalue weighted by atomic mass is 16.4. The van der Waals surface area contributed by atoms with Crippen LogP contribution in [0.4, 0.5) is 0 Å². The van der Waals surface area contributed by atoms with E-state index in [2.05, 4.69) is 58.7 Å². The number of hydrogen-bond acceptors (Lipinski definition) is 3. The highest BCUT2D eigenvalue weighted by Crippen LogP contribution is 2.24. The van der Waals surface area contributed by atoms with E-state index in [1.54, 1.807) is 12.4 Å². The van der Waals surface area contributed by atoms with Crippen LogP contribution in [0.3, 0.4) is 0 Å². The normalized spacial score (nSPS) is 11.6. The smallest absolute Gasteiger partial charge is 0.118 e. The molecule has 0 fully saturated rings. The summed E-state index contributed by atoms with van der Waals surface area (Å²) in [6.45, 7) is 0. The van der Waals surface area contributed by atoms with Crippen LogP contribution in [0.15, 0.2) is 96.4 Å². The Balaban J connectivity index is 1.79. The molecule has 26 heavy (non-hydrogen) atoms. The first-order valence-electron chi connectivity index (χ1n) is 8.54. The third-order valence-corrected chi connectivity index (χ3v) is 4.57. The maximum atomic E-state index is 9.66. The van der Waals surface area contributed by atoms with Crippen molar-refractivity contribution >= 4 is 16.5 Å². The van der Waals surface area contributed by atoms with Gasteiger partial charge in [0.25, 0.3) is 0 Å². The molecule has 1 N–H and O–H groups in total. The molecular weight excluding hydrogens is 320 g/mol. The molecule has 0 saturated carbocycles. The van der Waals surface area contributed by atoms with Gasteiger partial charge in [0.2, 0.25) is 0 Å². The average Bonchev–Trinajstić information content (AvgIpc) is 2.71. The number of fused-ring (bicyclic) bond motifs is 1. The Morgan fingerprint density at radius 2 is 1.58 bits per heavy atom. The third-order valence-electron chi connectivity index (χ3n) is 4.57. The van der Waals surface area contributed by atoms with Crippen molar-refractivity contribution in [3.63, 3.8) is 0 Å². The molecule has 0 spiro atoms. The van der Waals surface area contributed by atoms with Gasteiger partial charge in [-0.15, -0.1) is 0 Å². The molecule has 3 nitrogen and oxygen atoms in total. The molecule has 0 atom stereocenters. The average molecular weight is 338 g/mol. The largest absolute Gasteiger partial charge is 0.410 e. The molecule has 0 radical (unpaired) electrons. The molecule has 0 saturated heterocycles. The van der Waals surface area contributed by atoms with Crippen LogP contribution in [0.2, 0.25) is 0 Å². The summed E-state index contributed by atoms with van der Waals surface area (Å²) < 4.78 is 0. The lowest BCUT2D eigenvalue weighted by atomic mass is 9.92. The van der Waals surface area contributed by atoms with Crippen molar-refractivity contribution in [1.29, 1.82) is 0 Å². The fourth-order valence-electron chi connectivity index (χ4n) is 3.33. The third kappa shape index (κ3) is 3.07. The van der Waals surface area contributed by atoms with Gasteiger partial charge in [0, 0.05) is 23.5 Å². The molecule has 3 heteroatoms. The maximum absolute atomic E-state index is 9.66. The zero-order valence-electron chi connectivity index (χ0n) is 14.2. The highest BCUT2D eigenvalue weighted by Gasteiger charge is 2.13. The Bertz CT molecular complexity index is 1070. The lowest BCUT2D eigenvalue weighted by Gasteiger charge is -2.12. The predicted octanol–water partition coefficient (Wildman–Crippen LogP) is 5.05. The van der Waals surface area contributed by atoms with E-state index in [1.807, 2.05) is 30.3 Å². The second-order valence-corrected chi connectivity index (χ2v) is 6.16. The first-order valence-corrected chi connectivity index (χ1v) is 8.54. The van der Waals surface area contributed by atoms with Gasteiger partial charge < -0.3 is 5.21 Å². The Hall–Kier alpha value is -3.46. The van der Waals surface area contributed by atoms with E-state index in [0.29, 0.717) is 5.71 Å². The summed E-state index contributed by atoms with van der Waals surface area (Å²) in [4.78, 5) is 4.14. The number of hydrogen-bond donors (Lipinski definition) is 1. The first kappa shape index (κ1) is 16.0. The van der Waals surface area contributed by atoms with E-state index in [-0.39, 0.29) is 0 Å². The monoisotopic (exact) mass is 338 g/mol. The number of pyridine rings is 1. The van der Waals surface area contributed by atoms with Crippen molar-refractivity contribution in [1.82, 2.24) is 4.98 Å². The molecule has 1 aromatic heterocycles. The minimum absolute atomic E-state index is 0.536. The quantitative estimate of drug-likeness (QED) is 0.321. The fraction of sp³-hybridized carbons (Fsp3) is 0.0435. The second kappa shape index (κ2) is 7.19. The van der Waals surface area contributed by atoms with E-state index in [9.17, 15) is 5.21 Å². The topological polar surface area (TPSA) is 45.5 Å². The van der Waals surface area contributed by atoms with E-state index in [4.69, 9.17) is 0 Å². The molecule has 0 aliphatic heterocycles. The summed E-state index contributed by atoms with van der Waals surface area (Å²) in [7, 11) is 0. The number of benzene rings is 3. The molecule has 0 amide bonds. The van der Waals surface area contributed by atoms with Crippen LogP contribution in [0, 0.1) is 0 Å². The first-order chi connectivity index (χ1) is 12.9. The molecule has 3 aromatic carbocycles. The van der Waals surface area contributed by atoms with Crippen LogP contribution in [-0.2, 0) is 6.42 Å². The van der Waals surface area contributed by atoms with Gasteiger partial charge in [-0.2, -0.15) is 0 Å². The van der Waals surface area contributed by atoms with Gasteiger partial charge in [0.05, 0.1) is 0 Å². The van der Waals surface area contributed by atoms with Gasteiger partial charge >= 0.3 is 0 Å². The van der Waals surface area contributed by atoms with Gasteiger partial charge in [-0.1, -0.05) is 71.9 Å².